The molecule has 3 aromatic rings. The minimum absolute atomic E-state index is 0.0257. The van der Waals surface area contributed by atoms with Crippen LogP contribution in [0, 0.1) is 12.7 Å². The van der Waals surface area contributed by atoms with E-state index in [2.05, 4.69) is 10.6 Å². The summed E-state index contributed by atoms with van der Waals surface area (Å²) in [4.78, 5) is 40.2. The van der Waals surface area contributed by atoms with Gasteiger partial charge in [-0.15, -0.1) is 0 Å². The Hall–Kier alpha value is -3.88. The van der Waals surface area contributed by atoms with Gasteiger partial charge in [0.25, 0.3) is 11.8 Å². The molecule has 1 fully saturated rings. The molecule has 9 heteroatoms. The highest BCUT2D eigenvalue weighted by Crippen LogP contribution is 2.32. The van der Waals surface area contributed by atoms with E-state index in [4.69, 9.17) is 8.83 Å². The van der Waals surface area contributed by atoms with Crippen molar-refractivity contribution in [3.8, 4) is 0 Å². The van der Waals surface area contributed by atoms with Gasteiger partial charge in [-0.3, -0.25) is 19.3 Å². The van der Waals surface area contributed by atoms with E-state index in [0.717, 1.165) is 30.6 Å². The molecule has 2 N–H and O–H groups in total. The maximum Gasteiger partial charge on any atom is 0.287 e. The second-order valence-electron chi connectivity index (χ2n) is 8.22. The van der Waals surface area contributed by atoms with Crippen LogP contribution in [0.25, 0.3) is 0 Å². The third kappa shape index (κ3) is 5.19. The van der Waals surface area contributed by atoms with Gasteiger partial charge in [0.2, 0.25) is 5.91 Å². The summed E-state index contributed by atoms with van der Waals surface area (Å²) in [5.74, 6) is -1.69. The van der Waals surface area contributed by atoms with Gasteiger partial charge in [-0.2, -0.15) is 0 Å². The molecule has 1 unspecified atom stereocenters. The van der Waals surface area contributed by atoms with Crippen LogP contribution in [0.1, 0.15) is 53.8 Å². The summed E-state index contributed by atoms with van der Waals surface area (Å²) in [6.45, 7) is 1.23. The third-order valence-electron chi connectivity index (χ3n) is 5.76. The van der Waals surface area contributed by atoms with Gasteiger partial charge < -0.3 is 19.5 Å². The summed E-state index contributed by atoms with van der Waals surface area (Å²) in [7, 11) is 0. The maximum absolute atomic E-state index is 14.9. The number of nitrogens with zero attached hydrogens (tertiary/aromatic N) is 1. The summed E-state index contributed by atoms with van der Waals surface area (Å²) in [6.07, 6.45) is 5.02. The number of benzene rings is 1. The van der Waals surface area contributed by atoms with E-state index < -0.39 is 36.1 Å². The molecule has 1 aliphatic rings. The van der Waals surface area contributed by atoms with Crippen molar-refractivity contribution in [3.05, 3.63) is 77.9 Å². The van der Waals surface area contributed by atoms with Crippen molar-refractivity contribution < 1.29 is 27.6 Å². The van der Waals surface area contributed by atoms with Gasteiger partial charge in [-0.1, -0.05) is 25.0 Å². The highest BCUT2D eigenvalue weighted by atomic mass is 19.1. The molecule has 34 heavy (non-hydrogen) atoms. The number of nitrogens with one attached hydrogen (secondary N) is 2. The highest BCUT2D eigenvalue weighted by molar-refractivity contribution is 6.04. The van der Waals surface area contributed by atoms with Crippen LogP contribution in [0.2, 0.25) is 0 Å². The van der Waals surface area contributed by atoms with E-state index in [9.17, 15) is 18.8 Å². The topological polar surface area (TPSA) is 105 Å². The maximum atomic E-state index is 14.9. The Morgan fingerprint density at radius 2 is 1.85 bits per heavy atom. The molecule has 178 valence electrons. The minimum Gasteiger partial charge on any atom is -0.464 e. The van der Waals surface area contributed by atoms with Gasteiger partial charge >= 0.3 is 0 Å². The number of aryl methyl sites for hydroxylation is 1. The van der Waals surface area contributed by atoms with Crippen molar-refractivity contribution >= 4 is 23.4 Å². The molecule has 0 radical (unpaired) electrons. The number of anilines is 1. The molecule has 2 aromatic heterocycles. The Morgan fingerprint density at radius 3 is 2.50 bits per heavy atom. The number of hydrogen-bond donors (Lipinski definition) is 2. The third-order valence-corrected chi connectivity index (χ3v) is 5.76. The average Bonchev–Trinajstić information content (AvgIpc) is 3.59. The number of furan rings is 2. The molecule has 0 saturated heterocycles. The lowest BCUT2D eigenvalue weighted by Crippen LogP contribution is -2.49. The predicted molar refractivity (Wildman–Crippen MR) is 122 cm³/mol. The second-order valence-corrected chi connectivity index (χ2v) is 8.22. The van der Waals surface area contributed by atoms with Crippen molar-refractivity contribution in [2.75, 3.05) is 11.4 Å². The first-order chi connectivity index (χ1) is 16.4. The molecule has 0 aliphatic heterocycles. The molecule has 3 amide bonds. The molecule has 8 nitrogen and oxygen atoms in total. The van der Waals surface area contributed by atoms with Gasteiger partial charge in [0.15, 0.2) is 11.8 Å². The number of amides is 3. The molecular weight excluding hydrogens is 441 g/mol. The van der Waals surface area contributed by atoms with E-state index in [1.807, 2.05) is 0 Å². The fraction of sp³-hybridized carbons (Fsp3) is 0.320. The van der Waals surface area contributed by atoms with Crippen LogP contribution in [-0.4, -0.2) is 30.3 Å². The SMILES string of the molecule is Cc1ccc(C(C(=O)NC2CCCC2)N(C(=O)CNC(=O)c2ccco2)c2ccccc2F)o1. The summed E-state index contributed by atoms with van der Waals surface area (Å²) in [5, 5.41) is 5.45. The van der Waals surface area contributed by atoms with E-state index in [1.54, 1.807) is 31.2 Å². The second kappa shape index (κ2) is 10.4. The predicted octanol–water partition coefficient (Wildman–Crippen LogP) is 3.88. The average molecular weight is 467 g/mol. The first kappa shape index (κ1) is 23.3. The molecule has 1 aromatic carbocycles. The fourth-order valence-electron chi connectivity index (χ4n) is 4.12. The van der Waals surface area contributed by atoms with Crippen LogP contribution in [0.3, 0.4) is 0 Å². The lowest BCUT2D eigenvalue weighted by molar-refractivity contribution is -0.127. The summed E-state index contributed by atoms with van der Waals surface area (Å²) in [5.41, 5.74) is -0.0969. The van der Waals surface area contributed by atoms with E-state index in [-0.39, 0.29) is 23.2 Å². The molecule has 0 bridgehead atoms. The number of hydrogen-bond acceptors (Lipinski definition) is 5. The zero-order chi connectivity index (χ0) is 24.1. The van der Waals surface area contributed by atoms with Crippen molar-refractivity contribution in [1.29, 1.82) is 0 Å². The normalized spacial score (nSPS) is 14.5. The Balaban J connectivity index is 1.67. The lowest BCUT2D eigenvalue weighted by atomic mass is 10.1. The van der Waals surface area contributed by atoms with Crippen LogP contribution < -0.4 is 15.5 Å². The highest BCUT2D eigenvalue weighted by Gasteiger charge is 2.37. The number of carbonyl (C=O) groups is 3. The summed E-state index contributed by atoms with van der Waals surface area (Å²) < 4.78 is 25.7. The van der Waals surface area contributed by atoms with Gasteiger partial charge in [-0.25, -0.2) is 4.39 Å². The zero-order valence-corrected chi connectivity index (χ0v) is 18.8. The smallest absolute Gasteiger partial charge is 0.287 e. The van der Waals surface area contributed by atoms with E-state index in [1.165, 1.54) is 30.5 Å². The number of rotatable bonds is 8. The van der Waals surface area contributed by atoms with Crippen molar-refractivity contribution in [3.63, 3.8) is 0 Å². The number of carbonyl (C=O) groups excluding carboxylic acids is 3. The van der Waals surface area contributed by atoms with Crippen molar-refractivity contribution in [2.45, 2.75) is 44.7 Å². The molecule has 1 aliphatic carbocycles. The first-order valence-corrected chi connectivity index (χ1v) is 11.2. The van der Waals surface area contributed by atoms with E-state index in [0.29, 0.717) is 5.76 Å². The first-order valence-electron chi connectivity index (χ1n) is 11.2. The van der Waals surface area contributed by atoms with Crippen LogP contribution in [0.5, 0.6) is 0 Å². The minimum atomic E-state index is -1.26. The molecule has 4 rings (SSSR count). The molecule has 1 atom stereocenters. The van der Waals surface area contributed by atoms with Crippen molar-refractivity contribution in [1.82, 2.24) is 10.6 Å². The Kier molecular flexibility index (Phi) is 7.10. The van der Waals surface area contributed by atoms with Crippen LogP contribution >= 0.6 is 0 Å². The molecule has 1 saturated carbocycles. The fourth-order valence-corrected chi connectivity index (χ4v) is 4.12. The quantitative estimate of drug-likeness (QED) is 0.523. The number of halogens is 1. The molecule has 0 spiro atoms. The van der Waals surface area contributed by atoms with Crippen LogP contribution in [-0.2, 0) is 9.59 Å². The lowest BCUT2D eigenvalue weighted by Gasteiger charge is -2.31. The summed E-state index contributed by atoms with van der Waals surface area (Å²) in [6, 6.07) is 10.7. The van der Waals surface area contributed by atoms with Crippen LogP contribution in [0.15, 0.2) is 63.6 Å². The summed E-state index contributed by atoms with van der Waals surface area (Å²) >= 11 is 0. The van der Waals surface area contributed by atoms with Gasteiger partial charge in [-0.05, 0) is 56.2 Å². The Bertz CT molecular complexity index is 1150. The molecular formula is C25H26FN3O5. The largest absolute Gasteiger partial charge is 0.464 e. The Labute approximate surface area is 196 Å². The standard InChI is InChI=1S/C25H26FN3O5/c1-16-12-13-20(34-16)23(25(32)28-17-7-2-3-8-17)29(19-10-5-4-9-18(19)26)22(30)15-27-24(31)21-11-6-14-33-21/h4-6,9-14,17,23H,2-3,7-8,15H2,1H3,(H,27,31)(H,28,32). The molecule has 2 heterocycles. The van der Waals surface area contributed by atoms with Gasteiger partial charge in [0, 0.05) is 6.04 Å². The van der Waals surface area contributed by atoms with Gasteiger partial charge in [0.1, 0.15) is 17.3 Å². The zero-order valence-electron chi connectivity index (χ0n) is 18.8. The Morgan fingerprint density at radius 1 is 1.09 bits per heavy atom. The van der Waals surface area contributed by atoms with Gasteiger partial charge in [0.05, 0.1) is 18.5 Å². The van der Waals surface area contributed by atoms with Crippen molar-refractivity contribution in [2.24, 2.45) is 0 Å². The monoisotopic (exact) mass is 467 g/mol. The van der Waals surface area contributed by atoms with Crippen LogP contribution in [0.4, 0.5) is 10.1 Å². The number of para-hydroxylation sites is 1. The van der Waals surface area contributed by atoms with E-state index >= 15 is 0 Å².